The monoisotopic (exact) mass is 317 g/mol. The fraction of sp³-hybridized carbons (Fsp3) is 0.500. The van der Waals surface area contributed by atoms with Gasteiger partial charge in [0.25, 0.3) is 5.69 Å². The Balaban J connectivity index is 2.20. The van der Waals surface area contributed by atoms with Crippen molar-refractivity contribution in [2.45, 2.75) is 58.3 Å². The summed E-state index contributed by atoms with van der Waals surface area (Å²) in [6.45, 7) is 2.20. The molecule has 0 N–H and O–H groups in total. The lowest BCUT2D eigenvalue weighted by atomic mass is 10.1. The largest absolute Gasteiger partial charge is 0.417 e. The molecule has 0 unspecified atom stereocenters. The Morgan fingerprint density at radius 2 is 1.70 bits per heavy atom. The Labute approximate surface area is 137 Å². The Morgan fingerprint density at radius 1 is 1.09 bits per heavy atom. The number of rotatable bonds is 9. The summed E-state index contributed by atoms with van der Waals surface area (Å²) in [4.78, 5) is 21.5. The Hall–Kier alpha value is -2.35. The number of carbonyl (C=O) groups is 1. The van der Waals surface area contributed by atoms with Crippen LogP contribution in [0.15, 0.2) is 24.3 Å². The van der Waals surface area contributed by atoms with Crippen molar-refractivity contribution in [2.24, 2.45) is 0 Å². The molecule has 0 amide bonds. The van der Waals surface area contributed by atoms with Gasteiger partial charge in [0, 0.05) is 24.5 Å². The minimum atomic E-state index is -0.637. The number of benzene rings is 1. The molecule has 23 heavy (non-hydrogen) atoms. The van der Waals surface area contributed by atoms with Crippen LogP contribution < -0.4 is 4.74 Å². The molecule has 5 heteroatoms. The zero-order valence-electron chi connectivity index (χ0n) is 13.5. The topological polar surface area (TPSA) is 69.4 Å². The molecular formula is C18H23NO4. The summed E-state index contributed by atoms with van der Waals surface area (Å²) in [5, 5.41) is 10.5. The van der Waals surface area contributed by atoms with E-state index in [9.17, 15) is 14.9 Å². The summed E-state index contributed by atoms with van der Waals surface area (Å²) in [7, 11) is 0. The van der Waals surface area contributed by atoms with E-state index in [4.69, 9.17) is 4.74 Å². The summed E-state index contributed by atoms with van der Waals surface area (Å²) in [6.07, 6.45) is 9.14. The lowest BCUT2D eigenvalue weighted by molar-refractivity contribution is -0.384. The maximum atomic E-state index is 11.5. The minimum absolute atomic E-state index is 0.0465. The average Bonchev–Trinajstić information content (AvgIpc) is 2.54. The van der Waals surface area contributed by atoms with Gasteiger partial charge in [-0.3, -0.25) is 10.1 Å². The third-order valence-electron chi connectivity index (χ3n) is 3.35. The Kier molecular flexibility index (Phi) is 9.14. The first kappa shape index (κ1) is 18.7. The third-order valence-corrected chi connectivity index (χ3v) is 3.35. The number of ether oxygens (including phenoxy) is 1. The van der Waals surface area contributed by atoms with Crippen LogP contribution in [0.2, 0.25) is 0 Å². The molecule has 1 aromatic rings. The zero-order valence-corrected chi connectivity index (χ0v) is 13.5. The predicted molar refractivity (Wildman–Crippen MR) is 89.1 cm³/mol. The van der Waals surface area contributed by atoms with Gasteiger partial charge in [-0.15, -0.1) is 0 Å². The van der Waals surface area contributed by atoms with Crippen molar-refractivity contribution in [1.29, 1.82) is 0 Å². The second-order valence-corrected chi connectivity index (χ2v) is 5.31. The van der Waals surface area contributed by atoms with Crippen molar-refractivity contribution in [3.05, 3.63) is 34.4 Å². The molecule has 0 aliphatic rings. The molecule has 0 atom stereocenters. The van der Waals surface area contributed by atoms with Gasteiger partial charge in [-0.05, 0) is 18.6 Å². The Bertz CT molecular complexity index is 555. The van der Waals surface area contributed by atoms with E-state index in [-0.39, 0.29) is 11.4 Å². The van der Waals surface area contributed by atoms with Gasteiger partial charge < -0.3 is 4.74 Å². The molecular weight excluding hydrogens is 294 g/mol. The molecule has 0 heterocycles. The van der Waals surface area contributed by atoms with Crippen LogP contribution in [-0.2, 0) is 4.79 Å². The molecule has 1 aromatic carbocycles. The second kappa shape index (κ2) is 11.2. The van der Waals surface area contributed by atoms with Crippen LogP contribution in [0.25, 0.3) is 0 Å². The van der Waals surface area contributed by atoms with Crippen molar-refractivity contribution in [2.75, 3.05) is 0 Å². The number of hydrogen-bond donors (Lipinski definition) is 0. The van der Waals surface area contributed by atoms with E-state index in [0.717, 1.165) is 12.8 Å². The molecule has 124 valence electrons. The van der Waals surface area contributed by atoms with Gasteiger partial charge in [-0.25, -0.2) is 4.79 Å². The van der Waals surface area contributed by atoms with Crippen molar-refractivity contribution < 1.29 is 14.5 Å². The zero-order chi connectivity index (χ0) is 16.9. The Morgan fingerprint density at radius 3 is 2.30 bits per heavy atom. The first-order valence-electron chi connectivity index (χ1n) is 8.08. The smallest absolute Gasteiger partial charge is 0.389 e. The average molecular weight is 317 g/mol. The van der Waals surface area contributed by atoms with E-state index in [1.165, 1.54) is 56.4 Å². The third kappa shape index (κ3) is 8.62. The van der Waals surface area contributed by atoms with E-state index < -0.39 is 10.9 Å². The lowest BCUT2D eigenvalue weighted by Gasteiger charge is -1.99. The normalized spacial score (nSPS) is 9.78. The van der Waals surface area contributed by atoms with Crippen LogP contribution in [0.1, 0.15) is 58.3 Å². The number of non-ortho nitro benzene ring substituents is 1. The fourth-order valence-corrected chi connectivity index (χ4v) is 2.07. The van der Waals surface area contributed by atoms with Gasteiger partial charge >= 0.3 is 5.97 Å². The summed E-state index contributed by atoms with van der Waals surface area (Å²) in [5.41, 5.74) is -0.0465. The van der Waals surface area contributed by atoms with Crippen LogP contribution in [0, 0.1) is 22.0 Å². The molecule has 0 saturated heterocycles. The highest BCUT2D eigenvalue weighted by molar-refractivity contribution is 5.90. The number of carbonyl (C=O) groups excluding carboxylic acids is 1. The SMILES string of the molecule is CCCCCCCCCC#CC(=O)Oc1ccc([N+](=O)[O-])cc1. The molecule has 0 bridgehead atoms. The maximum Gasteiger partial charge on any atom is 0.389 e. The summed E-state index contributed by atoms with van der Waals surface area (Å²) < 4.78 is 4.99. The molecule has 0 spiro atoms. The number of nitro benzene ring substituents is 1. The van der Waals surface area contributed by atoms with E-state index >= 15 is 0 Å². The highest BCUT2D eigenvalue weighted by Crippen LogP contribution is 2.17. The van der Waals surface area contributed by atoms with Gasteiger partial charge in [0.15, 0.2) is 0 Å². The molecule has 0 fully saturated rings. The predicted octanol–water partition coefficient (Wildman–Crippen LogP) is 4.64. The van der Waals surface area contributed by atoms with Gasteiger partial charge in [0.05, 0.1) is 4.92 Å². The van der Waals surface area contributed by atoms with E-state index in [1.54, 1.807) is 0 Å². The first-order valence-corrected chi connectivity index (χ1v) is 8.08. The van der Waals surface area contributed by atoms with Gasteiger partial charge in [0.2, 0.25) is 0 Å². The minimum Gasteiger partial charge on any atom is -0.417 e. The van der Waals surface area contributed by atoms with Crippen LogP contribution in [0.3, 0.4) is 0 Å². The van der Waals surface area contributed by atoms with Gasteiger partial charge in [-0.1, -0.05) is 51.4 Å². The maximum absolute atomic E-state index is 11.5. The molecule has 0 aliphatic heterocycles. The molecule has 1 rings (SSSR count). The molecule has 0 radical (unpaired) electrons. The second-order valence-electron chi connectivity index (χ2n) is 5.31. The number of nitrogens with zero attached hydrogens (tertiary/aromatic N) is 1. The summed E-state index contributed by atoms with van der Waals surface area (Å²) in [5.74, 6) is 4.86. The molecule has 0 aliphatic carbocycles. The van der Waals surface area contributed by atoms with Crippen molar-refractivity contribution in [1.82, 2.24) is 0 Å². The van der Waals surface area contributed by atoms with E-state index in [1.807, 2.05) is 0 Å². The highest BCUT2D eigenvalue weighted by Gasteiger charge is 2.06. The highest BCUT2D eigenvalue weighted by atomic mass is 16.6. The molecule has 0 aromatic heterocycles. The number of unbranched alkanes of at least 4 members (excludes halogenated alkanes) is 7. The molecule has 0 saturated carbocycles. The van der Waals surface area contributed by atoms with Crippen molar-refractivity contribution in [3.8, 4) is 17.6 Å². The van der Waals surface area contributed by atoms with Crippen LogP contribution in [-0.4, -0.2) is 10.9 Å². The number of nitro groups is 1. The van der Waals surface area contributed by atoms with Crippen molar-refractivity contribution >= 4 is 11.7 Å². The van der Waals surface area contributed by atoms with Crippen molar-refractivity contribution in [3.63, 3.8) is 0 Å². The molecule has 5 nitrogen and oxygen atoms in total. The lowest BCUT2D eigenvalue weighted by Crippen LogP contribution is -2.04. The van der Waals surface area contributed by atoms with Gasteiger partial charge in [0.1, 0.15) is 5.75 Å². The van der Waals surface area contributed by atoms with Crippen LogP contribution >= 0.6 is 0 Å². The first-order chi connectivity index (χ1) is 11.1. The summed E-state index contributed by atoms with van der Waals surface area (Å²) in [6, 6.07) is 5.34. The fourth-order valence-electron chi connectivity index (χ4n) is 2.07. The standard InChI is InChI=1S/C18H23NO4/c1-2-3-4-5-6-7-8-9-10-11-18(20)23-17-14-12-16(13-15-17)19(21)22/h12-15H,2-9H2,1H3. The van der Waals surface area contributed by atoms with Crippen LogP contribution in [0.5, 0.6) is 5.75 Å². The number of hydrogen-bond acceptors (Lipinski definition) is 4. The van der Waals surface area contributed by atoms with E-state index in [2.05, 4.69) is 18.8 Å². The van der Waals surface area contributed by atoms with Gasteiger partial charge in [-0.2, -0.15) is 0 Å². The quantitative estimate of drug-likeness (QED) is 0.126. The number of esters is 1. The van der Waals surface area contributed by atoms with Crippen LogP contribution in [0.4, 0.5) is 5.69 Å². The summed E-state index contributed by atoms with van der Waals surface area (Å²) >= 11 is 0. The van der Waals surface area contributed by atoms with E-state index in [0.29, 0.717) is 6.42 Å².